The van der Waals surface area contributed by atoms with Gasteiger partial charge in [-0.05, 0) is 47.0 Å². The predicted octanol–water partition coefficient (Wildman–Crippen LogP) is 6.70. The van der Waals surface area contributed by atoms with Crippen LogP contribution in [0.5, 0.6) is 0 Å². The lowest BCUT2D eigenvalue weighted by molar-refractivity contribution is 0.463. The van der Waals surface area contributed by atoms with Crippen LogP contribution in [-0.2, 0) is 0 Å². The number of anilines is 1. The average Bonchev–Trinajstić information content (AvgIpc) is 3.14. The summed E-state index contributed by atoms with van der Waals surface area (Å²) in [5, 5.41) is 8.42. The highest BCUT2D eigenvalue weighted by Crippen LogP contribution is 2.31. The molecule has 3 aromatic rings. The number of aromatic nitrogens is 2. The quantitative estimate of drug-likeness (QED) is 0.313. The third-order valence-electron chi connectivity index (χ3n) is 4.98. The Balaban J connectivity index is 0.00000124. The van der Waals surface area contributed by atoms with Crippen LogP contribution in [0.4, 0.5) is 15.8 Å². The highest BCUT2D eigenvalue weighted by Gasteiger charge is 2.19. The SMILES string of the molecule is CC.NC(=Nc1cc(F)ccc1Cl)c1cnn2cc(Br)cc2c1NC1CCCCC1. The maximum absolute atomic E-state index is 13.6. The molecule has 8 heteroatoms. The molecule has 0 aliphatic heterocycles. The molecule has 2 heterocycles. The number of aliphatic imine (C=N–C) groups is 1. The Hall–Kier alpha value is -2.12. The van der Waals surface area contributed by atoms with Crippen LogP contribution in [0.2, 0.25) is 5.02 Å². The molecule has 1 aliphatic carbocycles. The monoisotopic (exact) mass is 493 g/mol. The summed E-state index contributed by atoms with van der Waals surface area (Å²) < 4.78 is 16.3. The zero-order valence-corrected chi connectivity index (χ0v) is 19.5. The number of hydrogen-bond donors (Lipinski definition) is 2. The first-order chi connectivity index (χ1) is 14.5. The van der Waals surface area contributed by atoms with Crippen molar-refractivity contribution in [3.05, 3.63) is 57.5 Å². The van der Waals surface area contributed by atoms with Crippen molar-refractivity contribution in [3.8, 4) is 0 Å². The molecule has 1 aromatic carbocycles. The normalized spacial score (nSPS) is 15.0. The summed E-state index contributed by atoms with van der Waals surface area (Å²) in [4.78, 5) is 4.38. The zero-order chi connectivity index (χ0) is 21.7. The molecule has 0 amide bonds. The highest BCUT2D eigenvalue weighted by atomic mass is 79.9. The van der Waals surface area contributed by atoms with Crippen LogP contribution >= 0.6 is 27.5 Å². The summed E-state index contributed by atoms with van der Waals surface area (Å²) >= 11 is 9.66. The molecule has 0 radical (unpaired) electrons. The Morgan fingerprint density at radius 3 is 2.73 bits per heavy atom. The molecular formula is C22H26BrClFN5. The summed E-state index contributed by atoms with van der Waals surface area (Å²) in [7, 11) is 0. The topological polar surface area (TPSA) is 67.7 Å². The van der Waals surface area contributed by atoms with Gasteiger partial charge in [0, 0.05) is 22.8 Å². The molecule has 5 nitrogen and oxygen atoms in total. The first-order valence-electron chi connectivity index (χ1n) is 10.2. The summed E-state index contributed by atoms with van der Waals surface area (Å²) in [6, 6.07) is 6.39. The summed E-state index contributed by atoms with van der Waals surface area (Å²) in [5.74, 6) is -0.182. The Morgan fingerprint density at radius 1 is 1.27 bits per heavy atom. The van der Waals surface area contributed by atoms with Crippen LogP contribution in [-0.4, -0.2) is 21.5 Å². The molecule has 0 saturated heterocycles. The van der Waals surface area contributed by atoms with Crippen LogP contribution in [0, 0.1) is 5.82 Å². The van der Waals surface area contributed by atoms with Gasteiger partial charge >= 0.3 is 0 Å². The van der Waals surface area contributed by atoms with Crippen molar-refractivity contribution in [2.45, 2.75) is 52.0 Å². The van der Waals surface area contributed by atoms with Crippen LogP contribution in [0.25, 0.3) is 5.52 Å². The standard InChI is InChI=1S/C20H20BrClFN5.C2H6/c21-12-8-18-19(26-14-4-2-1-3-5-14)15(10-25-28(18)11-12)20(24)27-17-9-13(23)6-7-16(17)22;1-2/h6-11,14,26H,1-5H2,(H2,24,27);1-2H3. The van der Waals surface area contributed by atoms with E-state index in [2.05, 4.69) is 31.3 Å². The average molecular weight is 495 g/mol. The Morgan fingerprint density at radius 2 is 2.00 bits per heavy atom. The second-order valence-corrected chi connectivity index (χ2v) is 8.32. The number of nitrogens with zero attached hydrogens (tertiary/aromatic N) is 3. The molecule has 3 N–H and O–H groups in total. The van der Waals surface area contributed by atoms with E-state index in [-0.39, 0.29) is 5.84 Å². The van der Waals surface area contributed by atoms with Crippen molar-refractivity contribution in [2.24, 2.45) is 10.7 Å². The number of rotatable bonds is 4. The Labute approximate surface area is 189 Å². The van der Waals surface area contributed by atoms with Crippen LogP contribution < -0.4 is 11.1 Å². The van der Waals surface area contributed by atoms with Crippen LogP contribution in [0.3, 0.4) is 0 Å². The van der Waals surface area contributed by atoms with Gasteiger partial charge in [-0.2, -0.15) is 5.10 Å². The van der Waals surface area contributed by atoms with E-state index < -0.39 is 5.82 Å². The molecule has 2 aromatic heterocycles. The van der Waals surface area contributed by atoms with Crippen LogP contribution in [0.1, 0.15) is 51.5 Å². The first-order valence-corrected chi connectivity index (χ1v) is 11.4. The molecule has 30 heavy (non-hydrogen) atoms. The van der Waals surface area contributed by atoms with E-state index in [0.717, 1.165) is 28.5 Å². The van der Waals surface area contributed by atoms with E-state index in [9.17, 15) is 4.39 Å². The third kappa shape index (κ3) is 5.13. The second kappa shape index (κ2) is 10.3. The molecule has 1 aliphatic rings. The molecule has 0 bridgehead atoms. The van der Waals surface area contributed by atoms with Gasteiger partial charge in [-0.15, -0.1) is 0 Å². The zero-order valence-electron chi connectivity index (χ0n) is 17.1. The number of nitrogens with two attached hydrogens (primary N) is 1. The lowest BCUT2D eigenvalue weighted by Crippen LogP contribution is -2.25. The Bertz CT molecular complexity index is 1040. The van der Waals surface area contributed by atoms with Crippen molar-refractivity contribution in [1.29, 1.82) is 0 Å². The lowest BCUT2D eigenvalue weighted by atomic mass is 9.95. The molecule has 0 spiro atoms. The molecule has 0 unspecified atom stereocenters. The van der Waals surface area contributed by atoms with Gasteiger partial charge in [0.25, 0.3) is 0 Å². The van der Waals surface area contributed by atoms with Gasteiger partial charge in [0.2, 0.25) is 0 Å². The van der Waals surface area contributed by atoms with E-state index >= 15 is 0 Å². The summed E-state index contributed by atoms with van der Waals surface area (Å²) in [5.41, 5.74) is 9.06. The number of hydrogen-bond acceptors (Lipinski definition) is 3. The van der Waals surface area contributed by atoms with Crippen molar-refractivity contribution in [3.63, 3.8) is 0 Å². The van der Waals surface area contributed by atoms with Gasteiger partial charge in [-0.1, -0.05) is 44.7 Å². The highest BCUT2D eigenvalue weighted by molar-refractivity contribution is 9.10. The maximum Gasteiger partial charge on any atom is 0.135 e. The second-order valence-electron chi connectivity index (χ2n) is 6.99. The summed E-state index contributed by atoms with van der Waals surface area (Å²) in [6.07, 6.45) is 9.49. The van der Waals surface area contributed by atoms with Gasteiger partial charge in [0.1, 0.15) is 11.7 Å². The van der Waals surface area contributed by atoms with Crippen molar-refractivity contribution < 1.29 is 4.39 Å². The fourth-order valence-electron chi connectivity index (χ4n) is 3.58. The van der Waals surface area contributed by atoms with Gasteiger partial charge in [0.15, 0.2) is 0 Å². The minimum Gasteiger partial charge on any atom is -0.383 e. The molecular weight excluding hydrogens is 469 g/mol. The Kier molecular flexibility index (Phi) is 7.72. The lowest BCUT2D eigenvalue weighted by Gasteiger charge is -2.25. The van der Waals surface area contributed by atoms with E-state index in [1.54, 1.807) is 10.7 Å². The largest absolute Gasteiger partial charge is 0.383 e. The molecule has 4 rings (SSSR count). The van der Waals surface area contributed by atoms with Crippen molar-refractivity contribution in [1.82, 2.24) is 9.61 Å². The minimum atomic E-state index is -0.416. The van der Waals surface area contributed by atoms with Gasteiger partial charge in [-0.3, -0.25) is 0 Å². The number of amidine groups is 1. The van der Waals surface area contributed by atoms with E-state index in [1.807, 2.05) is 26.1 Å². The van der Waals surface area contributed by atoms with E-state index in [1.165, 1.54) is 37.5 Å². The predicted molar refractivity (Wildman–Crippen MR) is 127 cm³/mol. The molecule has 160 valence electrons. The smallest absolute Gasteiger partial charge is 0.135 e. The number of benzene rings is 1. The van der Waals surface area contributed by atoms with Gasteiger partial charge in [0.05, 0.1) is 33.7 Å². The molecule has 0 atom stereocenters. The summed E-state index contributed by atoms with van der Waals surface area (Å²) in [6.45, 7) is 4.00. The van der Waals surface area contributed by atoms with Gasteiger partial charge < -0.3 is 11.1 Å². The van der Waals surface area contributed by atoms with E-state index in [0.29, 0.717) is 22.3 Å². The van der Waals surface area contributed by atoms with Crippen LogP contribution in [0.15, 0.2) is 46.1 Å². The maximum atomic E-state index is 13.6. The van der Waals surface area contributed by atoms with Gasteiger partial charge in [-0.25, -0.2) is 13.9 Å². The molecule has 1 fully saturated rings. The minimum absolute atomic E-state index is 0.234. The fourth-order valence-corrected chi connectivity index (χ4v) is 4.15. The number of fused-ring (bicyclic) bond motifs is 1. The van der Waals surface area contributed by atoms with Crippen molar-refractivity contribution in [2.75, 3.05) is 5.32 Å². The number of nitrogens with one attached hydrogen (secondary N) is 1. The first kappa shape index (κ1) is 22.6. The third-order valence-corrected chi connectivity index (χ3v) is 5.74. The molecule has 1 saturated carbocycles. The fraction of sp³-hybridized carbons (Fsp3) is 0.364. The van der Waals surface area contributed by atoms with Crippen molar-refractivity contribution >= 4 is 50.3 Å². The van der Waals surface area contributed by atoms with E-state index in [4.69, 9.17) is 17.3 Å². The number of halogens is 3.